The molecule has 0 N–H and O–H groups in total. The first-order valence-electron chi connectivity index (χ1n) is 28.4. The summed E-state index contributed by atoms with van der Waals surface area (Å²) in [7, 11) is 0. The van der Waals surface area contributed by atoms with Crippen LogP contribution in [0.1, 0.15) is 278 Å². The van der Waals surface area contributed by atoms with Crippen molar-refractivity contribution in [1.82, 2.24) is 0 Å². The molecule has 1 atom stereocenters. The highest BCUT2D eigenvalue weighted by Crippen LogP contribution is 2.15. The van der Waals surface area contributed by atoms with Gasteiger partial charge in [0.15, 0.2) is 6.10 Å². The van der Waals surface area contributed by atoms with Crippen LogP contribution in [-0.2, 0) is 28.6 Å². The molecule has 0 spiro atoms. The van der Waals surface area contributed by atoms with E-state index in [-0.39, 0.29) is 31.1 Å². The second-order valence-electron chi connectivity index (χ2n) is 18.8. The summed E-state index contributed by atoms with van der Waals surface area (Å²) >= 11 is 0. The van der Waals surface area contributed by atoms with E-state index in [9.17, 15) is 14.4 Å². The monoisotopic (exact) mass is 935 g/mol. The molecule has 0 heterocycles. The molecule has 67 heavy (non-hydrogen) atoms. The Morgan fingerprint density at radius 2 is 0.582 bits per heavy atom. The van der Waals surface area contributed by atoms with Crippen LogP contribution >= 0.6 is 0 Å². The molecule has 0 aliphatic rings. The van der Waals surface area contributed by atoms with Gasteiger partial charge in [-0.3, -0.25) is 14.4 Å². The Kier molecular flexibility index (Phi) is 52.8. The molecule has 0 fully saturated rings. The molecular formula is C61H106O6. The number of hydrogen-bond donors (Lipinski definition) is 0. The van der Waals surface area contributed by atoms with Crippen molar-refractivity contribution in [3.63, 3.8) is 0 Å². The van der Waals surface area contributed by atoms with Gasteiger partial charge in [-0.2, -0.15) is 0 Å². The van der Waals surface area contributed by atoms with Gasteiger partial charge in [0.05, 0.1) is 0 Å². The number of carbonyl (C=O) groups excluding carboxylic acids is 3. The average Bonchev–Trinajstić information content (AvgIpc) is 3.33. The first-order chi connectivity index (χ1) is 33.0. The second-order valence-corrected chi connectivity index (χ2v) is 18.8. The van der Waals surface area contributed by atoms with E-state index >= 15 is 0 Å². The Morgan fingerprint density at radius 1 is 0.313 bits per heavy atom. The number of carbonyl (C=O) groups is 3. The molecule has 386 valence electrons. The largest absolute Gasteiger partial charge is 0.462 e. The third-order valence-corrected chi connectivity index (χ3v) is 12.2. The summed E-state index contributed by atoms with van der Waals surface area (Å²) in [5, 5.41) is 0. The first-order valence-corrected chi connectivity index (χ1v) is 28.4. The van der Waals surface area contributed by atoms with Gasteiger partial charge in [0.25, 0.3) is 0 Å². The fraction of sp³-hybridized carbons (Fsp3) is 0.754. The molecule has 0 saturated heterocycles. The Morgan fingerprint density at radius 3 is 0.955 bits per heavy atom. The lowest BCUT2D eigenvalue weighted by atomic mass is 10.1. The third kappa shape index (κ3) is 53.7. The summed E-state index contributed by atoms with van der Waals surface area (Å²) < 4.78 is 16.8. The van der Waals surface area contributed by atoms with Gasteiger partial charge in [-0.05, 0) is 109 Å². The van der Waals surface area contributed by atoms with Crippen molar-refractivity contribution >= 4 is 17.9 Å². The first kappa shape index (κ1) is 63.8. The van der Waals surface area contributed by atoms with E-state index in [2.05, 4.69) is 93.7 Å². The van der Waals surface area contributed by atoms with Crippen molar-refractivity contribution in [3.8, 4) is 0 Å². The summed E-state index contributed by atoms with van der Waals surface area (Å²) in [5.41, 5.74) is 0. The van der Waals surface area contributed by atoms with Gasteiger partial charge < -0.3 is 14.2 Å². The maximum Gasteiger partial charge on any atom is 0.306 e. The lowest BCUT2D eigenvalue weighted by Gasteiger charge is -2.18. The number of hydrogen-bond acceptors (Lipinski definition) is 6. The van der Waals surface area contributed by atoms with Crippen LogP contribution in [0.15, 0.2) is 72.9 Å². The molecular weight excluding hydrogens is 829 g/mol. The van der Waals surface area contributed by atoms with Gasteiger partial charge in [-0.25, -0.2) is 0 Å². The number of allylic oxidation sites excluding steroid dienone is 12. The van der Waals surface area contributed by atoms with Crippen LogP contribution in [0.5, 0.6) is 0 Å². The van der Waals surface area contributed by atoms with Crippen LogP contribution in [0.4, 0.5) is 0 Å². The van der Waals surface area contributed by atoms with E-state index < -0.39 is 6.10 Å². The molecule has 0 radical (unpaired) electrons. The van der Waals surface area contributed by atoms with Crippen molar-refractivity contribution in [3.05, 3.63) is 72.9 Å². The molecule has 0 bridgehead atoms. The molecule has 0 aromatic rings. The SMILES string of the molecule is CC/C=C\C/C=C\C/C=C\CCCCCCCC(=O)OC[C@H](COC(=O)CCCCCCCCC/C=C\C/C=C\CCCCC)OC(=O)CCCCCCCCC/C=C\CCCCCCCC. The number of ether oxygens (including phenoxy) is 3. The van der Waals surface area contributed by atoms with E-state index in [1.807, 2.05) is 0 Å². The van der Waals surface area contributed by atoms with Gasteiger partial charge in [0, 0.05) is 19.3 Å². The smallest absolute Gasteiger partial charge is 0.306 e. The van der Waals surface area contributed by atoms with Gasteiger partial charge in [-0.1, -0.05) is 222 Å². The van der Waals surface area contributed by atoms with E-state index in [4.69, 9.17) is 14.2 Å². The van der Waals surface area contributed by atoms with Gasteiger partial charge in [0.1, 0.15) is 13.2 Å². The van der Waals surface area contributed by atoms with Crippen LogP contribution in [0, 0.1) is 0 Å². The van der Waals surface area contributed by atoms with Crippen LogP contribution < -0.4 is 0 Å². The maximum atomic E-state index is 12.9. The van der Waals surface area contributed by atoms with Crippen LogP contribution in [0.3, 0.4) is 0 Å². The zero-order chi connectivity index (χ0) is 48.6. The number of unbranched alkanes of at least 4 members (excludes halogenated alkanes) is 28. The van der Waals surface area contributed by atoms with E-state index in [0.717, 1.165) is 109 Å². The fourth-order valence-corrected chi connectivity index (χ4v) is 7.89. The van der Waals surface area contributed by atoms with Crippen molar-refractivity contribution in [2.24, 2.45) is 0 Å². The zero-order valence-electron chi connectivity index (χ0n) is 44.2. The third-order valence-electron chi connectivity index (χ3n) is 12.2. The molecule has 6 nitrogen and oxygen atoms in total. The van der Waals surface area contributed by atoms with Gasteiger partial charge in [-0.15, -0.1) is 0 Å². The Bertz CT molecular complexity index is 1260. The summed E-state index contributed by atoms with van der Waals surface area (Å²) in [6.07, 6.45) is 70.3. The molecule has 0 saturated carbocycles. The quantitative estimate of drug-likeness (QED) is 0.0262. The standard InChI is InChI=1S/C61H106O6/c1-4-7-10-13-16-19-22-25-28-30-33-36-39-42-45-48-51-54-60(63)66-57-58(56-65-59(62)53-50-47-44-41-38-35-32-27-24-21-18-15-12-9-6-3)67-61(64)55-52-49-46-43-40-37-34-31-29-26-23-20-17-14-11-8-5-2/h9,12,16,18-19,21,25-29,32,58H,4-8,10-11,13-15,17,20,22-24,30-31,33-57H2,1-3H3/b12-9-,19-16-,21-18-,28-25-,29-26-,32-27-/t58-/m1/s1. The summed E-state index contributed by atoms with van der Waals surface area (Å²) in [6, 6.07) is 0. The van der Waals surface area contributed by atoms with Crippen molar-refractivity contribution in [2.45, 2.75) is 284 Å². The highest BCUT2D eigenvalue weighted by atomic mass is 16.6. The van der Waals surface area contributed by atoms with Crippen LogP contribution in [-0.4, -0.2) is 37.2 Å². The summed E-state index contributed by atoms with van der Waals surface area (Å²) in [4.78, 5) is 38.1. The molecule has 0 rings (SSSR count). The molecule has 6 heteroatoms. The lowest BCUT2D eigenvalue weighted by Crippen LogP contribution is -2.30. The molecule has 0 aliphatic carbocycles. The van der Waals surface area contributed by atoms with Crippen molar-refractivity contribution < 1.29 is 28.6 Å². The number of esters is 3. The lowest BCUT2D eigenvalue weighted by molar-refractivity contribution is -0.167. The Labute approximate surface area is 414 Å². The Hall–Kier alpha value is -3.15. The van der Waals surface area contributed by atoms with E-state index in [1.54, 1.807) is 0 Å². The maximum absolute atomic E-state index is 12.9. The highest BCUT2D eigenvalue weighted by molar-refractivity contribution is 5.71. The zero-order valence-corrected chi connectivity index (χ0v) is 44.2. The second kappa shape index (κ2) is 55.4. The normalized spacial score (nSPS) is 12.6. The van der Waals surface area contributed by atoms with Gasteiger partial charge in [0.2, 0.25) is 0 Å². The molecule has 0 aromatic heterocycles. The van der Waals surface area contributed by atoms with Crippen LogP contribution in [0.25, 0.3) is 0 Å². The molecule has 0 aromatic carbocycles. The van der Waals surface area contributed by atoms with Crippen LogP contribution in [0.2, 0.25) is 0 Å². The Balaban J connectivity index is 4.42. The summed E-state index contributed by atoms with van der Waals surface area (Å²) in [5.74, 6) is -0.908. The molecule has 0 aliphatic heterocycles. The highest BCUT2D eigenvalue weighted by Gasteiger charge is 2.19. The fourth-order valence-electron chi connectivity index (χ4n) is 7.89. The predicted molar refractivity (Wildman–Crippen MR) is 288 cm³/mol. The van der Waals surface area contributed by atoms with Crippen molar-refractivity contribution in [1.29, 1.82) is 0 Å². The number of rotatable bonds is 51. The average molecular weight is 936 g/mol. The van der Waals surface area contributed by atoms with Gasteiger partial charge >= 0.3 is 17.9 Å². The minimum absolute atomic E-state index is 0.0865. The molecule has 0 unspecified atom stereocenters. The minimum Gasteiger partial charge on any atom is -0.462 e. The minimum atomic E-state index is -0.788. The summed E-state index contributed by atoms with van der Waals surface area (Å²) in [6.45, 7) is 6.49. The predicted octanol–water partition coefficient (Wildman–Crippen LogP) is 19.0. The molecule has 0 amide bonds. The topological polar surface area (TPSA) is 78.9 Å². The van der Waals surface area contributed by atoms with E-state index in [0.29, 0.717) is 19.3 Å². The van der Waals surface area contributed by atoms with Crippen molar-refractivity contribution in [2.75, 3.05) is 13.2 Å². The van der Waals surface area contributed by atoms with E-state index in [1.165, 1.54) is 128 Å².